The molecule has 2 aliphatic rings. The highest BCUT2D eigenvalue weighted by Crippen LogP contribution is 2.36. The normalized spacial score (nSPS) is 25.3. The Morgan fingerprint density at radius 3 is 2.25 bits per heavy atom. The first kappa shape index (κ1) is 12.4. The van der Waals surface area contributed by atoms with E-state index in [1.807, 2.05) is 0 Å². The zero-order valence-electron chi connectivity index (χ0n) is 11.0. The summed E-state index contributed by atoms with van der Waals surface area (Å²) >= 11 is 0. The molecular formula is C15H29N. The standard InChI is InChI=1S/C15H29N/c1-2-16-15(14-10-11-14)12-9-13-7-5-3-4-6-8-13/h13-16H,2-12H2,1H3. The first-order valence-corrected chi connectivity index (χ1v) is 7.63. The quantitative estimate of drug-likeness (QED) is 0.668. The maximum atomic E-state index is 3.70. The van der Waals surface area contributed by atoms with E-state index in [2.05, 4.69) is 12.2 Å². The summed E-state index contributed by atoms with van der Waals surface area (Å²) in [6.07, 6.45) is 14.9. The first-order chi connectivity index (χ1) is 7.90. The summed E-state index contributed by atoms with van der Waals surface area (Å²) < 4.78 is 0. The van der Waals surface area contributed by atoms with Crippen LogP contribution >= 0.6 is 0 Å². The summed E-state index contributed by atoms with van der Waals surface area (Å²) in [6, 6.07) is 0.855. The van der Waals surface area contributed by atoms with E-state index in [1.165, 1.54) is 64.2 Å². The third kappa shape index (κ3) is 4.08. The summed E-state index contributed by atoms with van der Waals surface area (Å²) in [7, 11) is 0. The van der Waals surface area contributed by atoms with Crippen LogP contribution in [0, 0.1) is 11.8 Å². The minimum atomic E-state index is 0.855. The second-order valence-electron chi connectivity index (χ2n) is 5.94. The molecule has 2 aliphatic carbocycles. The van der Waals surface area contributed by atoms with Crippen LogP contribution < -0.4 is 5.32 Å². The van der Waals surface area contributed by atoms with Gasteiger partial charge < -0.3 is 5.32 Å². The van der Waals surface area contributed by atoms with Gasteiger partial charge in [0.1, 0.15) is 0 Å². The fourth-order valence-corrected chi connectivity index (χ4v) is 3.33. The molecule has 2 fully saturated rings. The van der Waals surface area contributed by atoms with Gasteiger partial charge in [-0.1, -0.05) is 45.4 Å². The number of hydrogen-bond acceptors (Lipinski definition) is 1. The largest absolute Gasteiger partial charge is 0.314 e. The Morgan fingerprint density at radius 1 is 1.00 bits per heavy atom. The number of rotatable bonds is 6. The summed E-state index contributed by atoms with van der Waals surface area (Å²) in [5, 5.41) is 3.70. The second-order valence-corrected chi connectivity index (χ2v) is 5.94. The van der Waals surface area contributed by atoms with E-state index in [1.54, 1.807) is 0 Å². The highest BCUT2D eigenvalue weighted by atomic mass is 14.9. The molecule has 0 saturated heterocycles. The van der Waals surface area contributed by atoms with E-state index in [-0.39, 0.29) is 0 Å². The van der Waals surface area contributed by atoms with Crippen LogP contribution in [0.5, 0.6) is 0 Å². The zero-order chi connectivity index (χ0) is 11.2. The molecule has 2 saturated carbocycles. The Kier molecular flexibility index (Phi) is 5.15. The molecular weight excluding hydrogens is 194 g/mol. The van der Waals surface area contributed by atoms with Gasteiger partial charge in [-0.15, -0.1) is 0 Å². The van der Waals surface area contributed by atoms with Crippen molar-refractivity contribution in [3.63, 3.8) is 0 Å². The Hall–Kier alpha value is -0.0400. The predicted molar refractivity (Wildman–Crippen MR) is 70.6 cm³/mol. The van der Waals surface area contributed by atoms with Crippen molar-refractivity contribution in [2.45, 2.75) is 77.2 Å². The van der Waals surface area contributed by atoms with E-state index < -0.39 is 0 Å². The average Bonchev–Trinajstić information content (AvgIpc) is 3.11. The molecule has 1 nitrogen and oxygen atoms in total. The molecule has 16 heavy (non-hydrogen) atoms. The molecule has 0 heterocycles. The SMILES string of the molecule is CCNC(CCC1CCCCCC1)C1CC1. The second kappa shape index (κ2) is 6.64. The van der Waals surface area contributed by atoms with Crippen molar-refractivity contribution in [2.75, 3.05) is 6.54 Å². The molecule has 94 valence electrons. The molecule has 2 rings (SSSR count). The lowest BCUT2D eigenvalue weighted by Gasteiger charge is -2.20. The van der Waals surface area contributed by atoms with Crippen LogP contribution in [0.25, 0.3) is 0 Å². The molecule has 1 heteroatoms. The molecule has 0 aromatic heterocycles. The zero-order valence-corrected chi connectivity index (χ0v) is 11.0. The number of nitrogens with one attached hydrogen (secondary N) is 1. The molecule has 0 radical (unpaired) electrons. The van der Waals surface area contributed by atoms with E-state index in [0.717, 1.165) is 24.4 Å². The lowest BCUT2D eigenvalue weighted by atomic mass is 9.92. The van der Waals surface area contributed by atoms with Crippen LogP contribution in [0.4, 0.5) is 0 Å². The van der Waals surface area contributed by atoms with Gasteiger partial charge in [0, 0.05) is 6.04 Å². The van der Waals surface area contributed by atoms with Gasteiger partial charge in [-0.2, -0.15) is 0 Å². The van der Waals surface area contributed by atoms with Crippen molar-refractivity contribution in [1.29, 1.82) is 0 Å². The predicted octanol–water partition coefficient (Wildman–Crippen LogP) is 4.13. The first-order valence-electron chi connectivity index (χ1n) is 7.63. The lowest BCUT2D eigenvalue weighted by molar-refractivity contribution is 0.355. The van der Waals surface area contributed by atoms with Crippen molar-refractivity contribution in [3.05, 3.63) is 0 Å². The van der Waals surface area contributed by atoms with Gasteiger partial charge >= 0.3 is 0 Å². The van der Waals surface area contributed by atoms with E-state index in [9.17, 15) is 0 Å². The Bertz CT molecular complexity index is 178. The van der Waals surface area contributed by atoms with Gasteiger partial charge in [0.05, 0.1) is 0 Å². The molecule has 0 aliphatic heterocycles. The smallest absolute Gasteiger partial charge is 0.00953 e. The molecule has 0 aromatic carbocycles. The number of hydrogen-bond donors (Lipinski definition) is 1. The van der Waals surface area contributed by atoms with E-state index in [0.29, 0.717) is 0 Å². The van der Waals surface area contributed by atoms with Crippen molar-refractivity contribution in [2.24, 2.45) is 11.8 Å². The third-order valence-electron chi connectivity index (χ3n) is 4.52. The summed E-state index contributed by atoms with van der Waals surface area (Å²) in [6.45, 7) is 3.41. The van der Waals surface area contributed by atoms with Crippen molar-refractivity contribution < 1.29 is 0 Å². The third-order valence-corrected chi connectivity index (χ3v) is 4.52. The monoisotopic (exact) mass is 223 g/mol. The molecule has 1 unspecified atom stereocenters. The topological polar surface area (TPSA) is 12.0 Å². The summed E-state index contributed by atoms with van der Waals surface area (Å²) in [5.41, 5.74) is 0. The van der Waals surface area contributed by atoms with Crippen LogP contribution in [0.15, 0.2) is 0 Å². The molecule has 1 atom stereocenters. The molecule has 0 amide bonds. The lowest BCUT2D eigenvalue weighted by Crippen LogP contribution is -2.31. The molecule has 1 N–H and O–H groups in total. The van der Waals surface area contributed by atoms with Crippen LogP contribution in [-0.4, -0.2) is 12.6 Å². The van der Waals surface area contributed by atoms with Crippen LogP contribution in [0.3, 0.4) is 0 Å². The van der Waals surface area contributed by atoms with Crippen LogP contribution in [0.1, 0.15) is 71.1 Å². The highest BCUT2D eigenvalue weighted by Gasteiger charge is 2.30. The fourth-order valence-electron chi connectivity index (χ4n) is 3.33. The van der Waals surface area contributed by atoms with Gasteiger partial charge in [-0.25, -0.2) is 0 Å². The van der Waals surface area contributed by atoms with Gasteiger partial charge in [0.2, 0.25) is 0 Å². The fraction of sp³-hybridized carbons (Fsp3) is 1.00. The Morgan fingerprint density at radius 2 is 1.69 bits per heavy atom. The van der Waals surface area contributed by atoms with Crippen molar-refractivity contribution in [3.8, 4) is 0 Å². The summed E-state index contributed by atoms with van der Waals surface area (Å²) in [5.74, 6) is 2.09. The van der Waals surface area contributed by atoms with Gasteiger partial charge in [0.15, 0.2) is 0 Å². The van der Waals surface area contributed by atoms with E-state index >= 15 is 0 Å². The molecule has 0 bridgehead atoms. The highest BCUT2D eigenvalue weighted by molar-refractivity contribution is 4.86. The van der Waals surface area contributed by atoms with Crippen LogP contribution in [-0.2, 0) is 0 Å². The molecule has 0 spiro atoms. The van der Waals surface area contributed by atoms with Crippen molar-refractivity contribution >= 4 is 0 Å². The molecule has 0 aromatic rings. The average molecular weight is 223 g/mol. The summed E-state index contributed by atoms with van der Waals surface area (Å²) in [4.78, 5) is 0. The maximum Gasteiger partial charge on any atom is 0.00953 e. The maximum absolute atomic E-state index is 3.70. The minimum absolute atomic E-state index is 0.855. The van der Waals surface area contributed by atoms with Crippen LogP contribution in [0.2, 0.25) is 0 Å². The van der Waals surface area contributed by atoms with Gasteiger partial charge in [-0.05, 0) is 44.1 Å². The van der Waals surface area contributed by atoms with Crippen molar-refractivity contribution in [1.82, 2.24) is 5.32 Å². The van der Waals surface area contributed by atoms with Gasteiger partial charge in [-0.3, -0.25) is 0 Å². The minimum Gasteiger partial charge on any atom is -0.314 e. The van der Waals surface area contributed by atoms with E-state index in [4.69, 9.17) is 0 Å². The van der Waals surface area contributed by atoms with Gasteiger partial charge in [0.25, 0.3) is 0 Å². The Balaban J connectivity index is 1.67. The Labute approximate surface area is 101 Å².